The summed E-state index contributed by atoms with van der Waals surface area (Å²) in [5, 5.41) is 3.51. The van der Waals surface area contributed by atoms with E-state index in [0.717, 1.165) is 30.7 Å². The van der Waals surface area contributed by atoms with Crippen molar-refractivity contribution >= 4 is 0 Å². The number of terminal acetylenes is 1. The van der Waals surface area contributed by atoms with Crippen LogP contribution in [-0.4, -0.2) is 13.1 Å². The van der Waals surface area contributed by atoms with Crippen LogP contribution in [0.25, 0.3) is 0 Å². The smallest absolute Gasteiger partial charge is 0.00888 e. The molecule has 92 valence electrons. The van der Waals surface area contributed by atoms with Crippen molar-refractivity contribution in [1.82, 2.24) is 5.32 Å². The Bertz CT molecular complexity index is 216. The third-order valence-corrected chi connectivity index (χ3v) is 4.14. The molecule has 1 aliphatic carbocycles. The van der Waals surface area contributed by atoms with E-state index in [1.165, 1.54) is 38.6 Å². The van der Waals surface area contributed by atoms with Gasteiger partial charge in [0.1, 0.15) is 0 Å². The summed E-state index contributed by atoms with van der Waals surface area (Å²) in [6, 6.07) is 0. The lowest BCUT2D eigenvalue weighted by molar-refractivity contribution is 0.165. The monoisotopic (exact) mass is 221 g/mol. The van der Waals surface area contributed by atoms with Crippen LogP contribution in [0.15, 0.2) is 0 Å². The minimum atomic E-state index is 0.869. The van der Waals surface area contributed by atoms with Gasteiger partial charge in [-0.05, 0) is 50.1 Å². The Morgan fingerprint density at radius 3 is 2.69 bits per heavy atom. The largest absolute Gasteiger partial charge is 0.317 e. The highest BCUT2D eigenvalue weighted by Gasteiger charge is 2.28. The second-order valence-electron chi connectivity index (χ2n) is 5.16. The van der Waals surface area contributed by atoms with Crippen molar-refractivity contribution in [2.24, 2.45) is 17.8 Å². The summed E-state index contributed by atoms with van der Waals surface area (Å²) in [4.78, 5) is 0. The fourth-order valence-corrected chi connectivity index (χ4v) is 3.02. The standard InChI is InChI=1S/C15H27N/c1-4-7-8-14-11-13(5-2)9-10-15(14)12-16-6-3/h1,13-16H,5-12H2,2-3H3. The van der Waals surface area contributed by atoms with Gasteiger partial charge in [-0.1, -0.05) is 26.7 Å². The maximum atomic E-state index is 5.39. The van der Waals surface area contributed by atoms with Gasteiger partial charge in [0.05, 0.1) is 0 Å². The fraction of sp³-hybridized carbons (Fsp3) is 0.867. The van der Waals surface area contributed by atoms with Crippen molar-refractivity contribution in [3.05, 3.63) is 0 Å². The summed E-state index contributed by atoms with van der Waals surface area (Å²) in [6.45, 7) is 6.80. The molecule has 0 saturated heterocycles. The molecule has 0 aromatic heterocycles. The van der Waals surface area contributed by atoms with Crippen LogP contribution in [0.4, 0.5) is 0 Å². The molecule has 0 spiro atoms. The van der Waals surface area contributed by atoms with Gasteiger partial charge in [-0.2, -0.15) is 0 Å². The Labute approximate surface area is 101 Å². The SMILES string of the molecule is C#CCCC1CC(CC)CCC1CNCC. The second-order valence-corrected chi connectivity index (χ2v) is 5.16. The molecule has 1 fully saturated rings. The molecule has 0 radical (unpaired) electrons. The molecule has 1 aliphatic rings. The first kappa shape index (κ1) is 13.6. The first-order valence-electron chi connectivity index (χ1n) is 6.95. The van der Waals surface area contributed by atoms with Crippen molar-refractivity contribution in [3.63, 3.8) is 0 Å². The van der Waals surface area contributed by atoms with Crippen molar-refractivity contribution in [2.75, 3.05) is 13.1 Å². The zero-order valence-corrected chi connectivity index (χ0v) is 11.0. The first-order valence-corrected chi connectivity index (χ1v) is 6.95. The van der Waals surface area contributed by atoms with E-state index < -0.39 is 0 Å². The molecule has 0 aliphatic heterocycles. The normalized spacial score (nSPS) is 29.9. The Hall–Kier alpha value is -0.480. The molecule has 1 N–H and O–H groups in total. The maximum Gasteiger partial charge on any atom is 0.00888 e. The lowest BCUT2D eigenvalue weighted by atomic mass is 9.71. The van der Waals surface area contributed by atoms with E-state index in [2.05, 4.69) is 25.1 Å². The molecule has 0 bridgehead atoms. The van der Waals surface area contributed by atoms with Gasteiger partial charge in [-0.15, -0.1) is 12.3 Å². The predicted molar refractivity (Wildman–Crippen MR) is 71.2 cm³/mol. The van der Waals surface area contributed by atoms with Gasteiger partial charge in [-0.3, -0.25) is 0 Å². The molecule has 1 heteroatoms. The zero-order valence-electron chi connectivity index (χ0n) is 11.0. The third-order valence-electron chi connectivity index (χ3n) is 4.14. The van der Waals surface area contributed by atoms with E-state index in [1.54, 1.807) is 0 Å². The number of nitrogens with one attached hydrogen (secondary N) is 1. The highest BCUT2D eigenvalue weighted by Crippen LogP contribution is 2.37. The van der Waals surface area contributed by atoms with E-state index in [-0.39, 0.29) is 0 Å². The fourth-order valence-electron chi connectivity index (χ4n) is 3.02. The highest BCUT2D eigenvalue weighted by atomic mass is 14.8. The number of hydrogen-bond acceptors (Lipinski definition) is 1. The number of hydrogen-bond donors (Lipinski definition) is 1. The lowest BCUT2D eigenvalue weighted by Crippen LogP contribution is -2.33. The van der Waals surface area contributed by atoms with Crippen molar-refractivity contribution in [1.29, 1.82) is 0 Å². The maximum absolute atomic E-state index is 5.39. The summed E-state index contributed by atoms with van der Waals surface area (Å²) in [7, 11) is 0. The quantitative estimate of drug-likeness (QED) is 0.677. The van der Waals surface area contributed by atoms with E-state index in [1.807, 2.05) is 0 Å². The average Bonchev–Trinajstić information content (AvgIpc) is 2.34. The van der Waals surface area contributed by atoms with Crippen LogP contribution in [0, 0.1) is 30.1 Å². The lowest BCUT2D eigenvalue weighted by Gasteiger charge is -2.36. The molecular weight excluding hydrogens is 194 g/mol. The summed E-state index contributed by atoms with van der Waals surface area (Å²) in [5.41, 5.74) is 0. The van der Waals surface area contributed by atoms with Crippen LogP contribution >= 0.6 is 0 Å². The predicted octanol–water partition coefficient (Wildman–Crippen LogP) is 3.45. The van der Waals surface area contributed by atoms with Crippen LogP contribution in [0.2, 0.25) is 0 Å². The number of rotatable bonds is 6. The van der Waals surface area contributed by atoms with Gasteiger partial charge in [0.2, 0.25) is 0 Å². The second kappa shape index (κ2) is 7.74. The molecule has 16 heavy (non-hydrogen) atoms. The van der Waals surface area contributed by atoms with Gasteiger partial charge in [-0.25, -0.2) is 0 Å². The van der Waals surface area contributed by atoms with Crippen LogP contribution in [0.5, 0.6) is 0 Å². The average molecular weight is 221 g/mol. The van der Waals surface area contributed by atoms with Crippen LogP contribution in [-0.2, 0) is 0 Å². The molecule has 0 amide bonds. The van der Waals surface area contributed by atoms with E-state index in [9.17, 15) is 0 Å². The van der Waals surface area contributed by atoms with Gasteiger partial charge in [0, 0.05) is 6.42 Å². The Morgan fingerprint density at radius 2 is 2.06 bits per heavy atom. The topological polar surface area (TPSA) is 12.0 Å². The van der Waals surface area contributed by atoms with Crippen molar-refractivity contribution in [3.8, 4) is 12.3 Å². The van der Waals surface area contributed by atoms with Gasteiger partial charge >= 0.3 is 0 Å². The Balaban J connectivity index is 2.43. The molecule has 3 unspecified atom stereocenters. The van der Waals surface area contributed by atoms with Crippen molar-refractivity contribution in [2.45, 2.75) is 52.4 Å². The highest BCUT2D eigenvalue weighted by molar-refractivity contribution is 4.88. The molecule has 1 saturated carbocycles. The summed E-state index contributed by atoms with van der Waals surface area (Å²) in [5.74, 6) is 5.50. The van der Waals surface area contributed by atoms with Crippen LogP contribution < -0.4 is 5.32 Å². The van der Waals surface area contributed by atoms with Gasteiger partial charge < -0.3 is 5.32 Å². The van der Waals surface area contributed by atoms with Gasteiger partial charge in [0.15, 0.2) is 0 Å². The third kappa shape index (κ3) is 4.18. The Kier molecular flexibility index (Phi) is 6.57. The van der Waals surface area contributed by atoms with Crippen molar-refractivity contribution < 1.29 is 0 Å². The molecule has 0 heterocycles. The van der Waals surface area contributed by atoms with Crippen LogP contribution in [0.1, 0.15) is 52.4 Å². The van der Waals surface area contributed by atoms with E-state index in [0.29, 0.717) is 0 Å². The zero-order chi connectivity index (χ0) is 11.8. The van der Waals surface area contributed by atoms with E-state index in [4.69, 9.17) is 6.42 Å². The van der Waals surface area contributed by atoms with Gasteiger partial charge in [0.25, 0.3) is 0 Å². The Morgan fingerprint density at radius 1 is 1.25 bits per heavy atom. The molecule has 1 nitrogen and oxygen atoms in total. The molecule has 3 atom stereocenters. The summed E-state index contributed by atoms with van der Waals surface area (Å²) in [6.07, 6.45) is 13.2. The molecular formula is C15H27N. The minimum Gasteiger partial charge on any atom is -0.317 e. The minimum absolute atomic E-state index is 0.869. The molecule has 0 aromatic rings. The van der Waals surface area contributed by atoms with Crippen LogP contribution in [0.3, 0.4) is 0 Å². The first-order chi connectivity index (χ1) is 7.81. The van der Waals surface area contributed by atoms with E-state index >= 15 is 0 Å². The molecule has 0 aromatic carbocycles. The summed E-state index contributed by atoms with van der Waals surface area (Å²) >= 11 is 0. The summed E-state index contributed by atoms with van der Waals surface area (Å²) < 4.78 is 0. The molecule has 1 rings (SSSR count).